The van der Waals surface area contributed by atoms with E-state index in [0.717, 1.165) is 11.3 Å². The van der Waals surface area contributed by atoms with Crippen molar-refractivity contribution < 1.29 is 27.4 Å². The molecule has 0 bridgehead atoms. The second-order valence-electron chi connectivity index (χ2n) is 3.10. The highest BCUT2D eigenvalue weighted by Crippen LogP contribution is 2.15. The molecule has 0 aliphatic carbocycles. The molecule has 0 aliphatic heterocycles. The lowest BCUT2D eigenvalue weighted by Gasteiger charge is -2.02. The highest BCUT2D eigenvalue weighted by atomic mass is 19.4. The summed E-state index contributed by atoms with van der Waals surface area (Å²) < 4.78 is 40.4. The zero-order valence-corrected chi connectivity index (χ0v) is 9.95. The number of esters is 1. The lowest BCUT2D eigenvalue weighted by atomic mass is 10.2. The van der Waals surface area contributed by atoms with E-state index in [1.165, 1.54) is 0 Å². The number of ether oxygens (including phenoxy) is 2. The fraction of sp³-hybridized carbons (Fsp3) is 0.364. The highest BCUT2D eigenvalue weighted by molar-refractivity contribution is 5.66. The van der Waals surface area contributed by atoms with E-state index in [4.69, 9.17) is 10.5 Å². The lowest BCUT2D eigenvalue weighted by molar-refractivity contribution is -0.304. The lowest BCUT2D eigenvalue weighted by Crippen LogP contribution is -2.16. The third-order valence-electron chi connectivity index (χ3n) is 1.63. The van der Waals surface area contributed by atoms with E-state index >= 15 is 0 Å². The van der Waals surface area contributed by atoms with Crippen LogP contribution >= 0.6 is 0 Å². The number of rotatable bonds is 2. The molecule has 18 heavy (non-hydrogen) atoms. The molecule has 0 heterocycles. The molecular formula is C11H14F3NO3. The summed E-state index contributed by atoms with van der Waals surface area (Å²) in [6.07, 6.45) is -4.83. The SMILES string of the molecule is CC(=O)OC(F)(F)F.COc1cccc(CN)c1. The minimum absolute atomic E-state index is 0.567. The van der Waals surface area contributed by atoms with E-state index in [9.17, 15) is 18.0 Å². The van der Waals surface area contributed by atoms with Crippen LogP contribution in [0.2, 0.25) is 0 Å². The zero-order valence-electron chi connectivity index (χ0n) is 9.95. The van der Waals surface area contributed by atoms with E-state index in [0.29, 0.717) is 13.5 Å². The second-order valence-corrected chi connectivity index (χ2v) is 3.10. The maximum absolute atomic E-state index is 10.9. The van der Waals surface area contributed by atoms with Crippen LogP contribution in [0.1, 0.15) is 12.5 Å². The van der Waals surface area contributed by atoms with E-state index in [2.05, 4.69) is 4.74 Å². The van der Waals surface area contributed by atoms with Gasteiger partial charge in [-0.25, -0.2) is 0 Å². The van der Waals surface area contributed by atoms with E-state index < -0.39 is 12.3 Å². The van der Waals surface area contributed by atoms with Gasteiger partial charge in [-0.3, -0.25) is 4.79 Å². The molecule has 0 unspecified atom stereocenters. The number of hydrogen-bond acceptors (Lipinski definition) is 4. The van der Waals surface area contributed by atoms with Crippen molar-refractivity contribution in [1.82, 2.24) is 0 Å². The van der Waals surface area contributed by atoms with Crippen molar-refractivity contribution in [2.45, 2.75) is 19.8 Å². The Bertz CT molecular complexity index is 361. The summed E-state index contributed by atoms with van der Waals surface area (Å²) in [7, 11) is 1.65. The van der Waals surface area contributed by atoms with Gasteiger partial charge in [-0.15, -0.1) is 13.2 Å². The number of carbonyl (C=O) groups excluding carboxylic acids is 1. The third kappa shape index (κ3) is 8.40. The van der Waals surface area contributed by atoms with Crippen molar-refractivity contribution in [1.29, 1.82) is 0 Å². The van der Waals surface area contributed by atoms with Crippen LogP contribution in [-0.2, 0) is 16.1 Å². The Morgan fingerprint density at radius 2 is 2.00 bits per heavy atom. The minimum atomic E-state index is -4.83. The van der Waals surface area contributed by atoms with Gasteiger partial charge in [0.2, 0.25) is 0 Å². The molecule has 0 spiro atoms. The van der Waals surface area contributed by atoms with Crippen molar-refractivity contribution in [3.05, 3.63) is 29.8 Å². The largest absolute Gasteiger partial charge is 0.575 e. The van der Waals surface area contributed by atoms with E-state index in [1.54, 1.807) is 7.11 Å². The van der Waals surface area contributed by atoms with Crippen LogP contribution in [0.5, 0.6) is 5.75 Å². The molecule has 0 aliphatic rings. The number of hydrogen-bond donors (Lipinski definition) is 1. The Labute approximate surface area is 102 Å². The van der Waals surface area contributed by atoms with E-state index in [-0.39, 0.29) is 0 Å². The van der Waals surface area contributed by atoms with Crippen LogP contribution in [0.15, 0.2) is 24.3 Å². The quantitative estimate of drug-likeness (QED) is 0.833. The molecule has 0 radical (unpaired) electrons. The van der Waals surface area contributed by atoms with Crippen LogP contribution < -0.4 is 10.5 Å². The number of alkyl halides is 3. The smallest absolute Gasteiger partial charge is 0.497 e. The van der Waals surface area contributed by atoms with Crippen molar-refractivity contribution in [3.63, 3.8) is 0 Å². The van der Waals surface area contributed by atoms with E-state index in [1.807, 2.05) is 24.3 Å². The van der Waals surface area contributed by atoms with Crippen LogP contribution in [-0.4, -0.2) is 19.4 Å². The Hall–Kier alpha value is -1.76. The first-order valence-electron chi connectivity index (χ1n) is 4.87. The van der Waals surface area contributed by atoms with Gasteiger partial charge in [-0.05, 0) is 17.7 Å². The number of benzene rings is 1. The summed E-state index contributed by atoms with van der Waals surface area (Å²) in [5.74, 6) is -0.486. The van der Waals surface area contributed by atoms with Gasteiger partial charge in [0.25, 0.3) is 0 Å². The van der Waals surface area contributed by atoms with Crippen LogP contribution in [0.4, 0.5) is 13.2 Å². The molecule has 1 aromatic rings. The topological polar surface area (TPSA) is 61.5 Å². The first-order valence-corrected chi connectivity index (χ1v) is 4.87. The number of carbonyl (C=O) groups is 1. The van der Waals surface area contributed by atoms with Gasteiger partial charge in [-0.2, -0.15) is 0 Å². The first kappa shape index (κ1) is 16.2. The standard InChI is InChI=1S/C8H11NO.C3H3F3O2/c1-10-8-4-2-3-7(5-8)6-9;1-2(7)8-3(4,5)6/h2-5H,6,9H2,1H3;1H3. The van der Waals surface area contributed by atoms with Gasteiger partial charge in [0, 0.05) is 13.5 Å². The van der Waals surface area contributed by atoms with Gasteiger partial charge < -0.3 is 15.2 Å². The van der Waals surface area contributed by atoms with Crippen molar-refractivity contribution in [3.8, 4) is 5.75 Å². The molecule has 102 valence electrons. The Morgan fingerprint density at radius 1 is 1.39 bits per heavy atom. The molecule has 0 amide bonds. The normalized spacial score (nSPS) is 10.1. The summed E-state index contributed by atoms with van der Waals surface area (Å²) in [6.45, 7) is 1.25. The third-order valence-corrected chi connectivity index (χ3v) is 1.63. The van der Waals surface area contributed by atoms with Crippen molar-refractivity contribution in [2.24, 2.45) is 5.73 Å². The molecule has 7 heteroatoms. The number of nitrogens with two attached hydrogens (primary N) is 1. The average molecular weight is 265 g/mol. The Balaban J connectivity index is 0.000000331. The number of halogens is 3. The molecule has 0 atom stereocenters. The predicted molar refractivity (Wildman–Crippen MR) is 58.7 cm³/mol. The van der Waals surface area contributed by atoms with Crippen molar-refractivity contribution in [2.75, 3.05) is 7.11 Å². The van der Waals surface area contributed by atoms with Gasteiger partial charge >= 0.3 is 12.3 Å². The minimum Gasteiger partial charge on any atom is -0.497 e. The predicted octanol–water partition coefficient (Wildman–Crippen LogP) is 2.22. The Morgan fingerprint density at radius 3 is 2.33 bits per heavy atom. The summed E-state index contributed by atoms with van der Waals surface area (Å²) in [6, 6.07) is 7.74. The van der Waals surface area contributed by atoms with Gasteiger partial charge in [0.05, 0.1) is 7.11 Å². The Kier molecular flexibility index (Phi) is 6.81. The molecule has 0 saturated heterocycles. The fourth-order valence-corrected chi connectivity index (χ4v) is 0.962. The molecule has 0 aromatic heterocycles. The van der Waals surface area contributed by atoms with Crippen molar-refractivity contribution >= 4 is 5.97 Å². The molecule has 1 rings (SSSR count). The second kappa shape index (κ2) is 7.54. The first-order chi connectivity index (χ1) is 8.28. The van der Waals surface area contributed by atoms with Gasteiger partial charge in [-0.1, -0.05) is 12.1 Å². The highest BCUT2D eigenvalue weighted by Gasteiger charge is 2.32. The maximum atomic E-state index is 10.9. The molecule has 0 fully saturated rings. The summed E-state index contributed by atoms with van der Waals surface area (Å²) in [5.41, 5.74) is 6.51. The molecule has 4 nitrogen and oxygen atoms in total. The summed E-state index contributed by atoms with van der Waals surface area (Å²) >= 11 is 0. The van der Waals surface area contributed by atoms with Crippen LogP contribution in [0.25, 0.3) is 0 Å². The zero-order chi connectivity index (χ0) is 14.2. The molecule has 1 aromatic carbocycles. The average Bonchev–Trinajstić information content (AvgIpc) is 2.26. The monoisotopic (exact) mass is 265 g/mol. The summed E-state index contributed by atoms with van der Waals surface area (Å²) in [4.78, 5) is 9.52. The van der Waals surface area contributed by atoms with Crippen LogP contribution in [0.3, 0.4) is 0 Å². The summed E-state index contributed by atoms with van der Waals surface area (Å²) in [5, 5.41) is 0. The molecule has 2 N–H and O–H groups in total. The molecule has 0 saturated carbocycles. The molecular weight excluding hydrogens is 251 g/mol. The number of methoxy groups -OCH3 is 1. The van der Waals surface area contributed by atoms with Gasteiger partial charge in [0.15, 0.2) is 0 Å². The fourth-order valence-electron chi connectivity index (χ4n) is 0.962. The maximum Gasteiger partial charge on any atom is 0.575 e. The van der Waals surface area contributed by atoms with Crippen LogP contribution in [0, 0.1) is 0 Å². The van der Waals surface area contributed by atoms with Gasteiger partial charge in [0.1, 0.15) is 5.75 Å².